The summed E-state index contributed by atoms with van der Waals surface area (Å²) in [4.78, 5) is 30.2. The maximum atomic E-state index is 12.4. The van der Waals surface area contributed by atoms with Crippen molar-refractivity contribution in [1.29, 1.82) is 0 Å². The van der Waals surface area contributed by atoms with Crippen LogP contribution < -0.4 is 10.6 Å². The molecule has 1 saturated carbocycles. The summed E-state index contributed by atoms with van der Waals surface area (Å²) >= 11 is 0. The molecule has 1 aromatic rings. The van der Waals surface area contributed by atoms with Gasteiger partial charge in [-0.3, -0.25) is 19.5 Å². The number of nitrogens with zero attached hydrogens (tertiary/aromatic N) is 2. The molecule has 3 rings (SSSR count). The van der Waals surface area contributed by atoms with Gasteiger partial charge in [-0.05, 0) is 25.0 Å². The quantitative estimate of drug-likeness (QED) is 0.146. The highest BCUT2D eigenvalue weighted by Crippen LogP contribution is 2.22. The topological polar surface area (TPSA) is 83.0 Å². The van der Waals surface area contributed by atoms with E-state index in [-0.39, 0.29) is 35.8 Å². The average molecular weight is 514 g/mol. The van der Waals surface area contributed by atoms with Gasteiger partial charge >= 0.3 is 0 Å². The van der Waals surface area contributed by atoms with E-state index >= 15 is 0 Å². The molecule has 8 heteroatoms. The Balaban J connectivity index is 0.00000300. The predicted octanol–water partition coefficient (Wildman–Crippen LogP) is 2.81. The largest absolute Gasteiger partial charge is 0.376 e. The standard InChI is InChI=1S/C21H30N4O3.HI/c1-22-21(24-13-15-28-16-8-4-2-3-5-9-16)23-12-14-25-19(26)17-10-6-7-11-18(17)20(25)27;/h6-7,10-11,16H,2-5,8-9,12-15H2,1H3,(H2,22,23,24);1H. The number of fused-ring (bicyclic) bond motifs is 1. The number of ether oxygens (including phenoxy) is 1. The Labute approximate surface area is 189 Å². The molecule has 1 aromatic carbocycles. The van der Waals surface area contributed by atoms with Crippen molar-refractivity contribution >= 4 is 41.8 Å². The predicted molar refractivity (Wildman–Crippen MR) is 124 cm³/mol. The van der Waals surface area contributed by atoms with E-state index < -0.39 is 0 Å². The molecule has 0 atom stereocenters. The number of carbonyl (C=O) groups excluding carboxylic acids is 2. The lowest BCUT2D eigenvalue weighted by Crippen LogP contribution is -2.43. The Hall–Kier alpha value is -1.68. The van der Waals surface area contributed by atoms with Gasteiger partial charge in [-0.1, -0.05) is 37.8 Å². The van der Waals surface area contributed by atoms with Crippen LogP contribution in [-0.2, 0) is 4.74 Å². The van der Waals surface area contributed by atoms with Crippen molar-refractivity contribution in [2.24, 2.45) is 4.99 Å². The second-order valence-electron chi connectivity index (χ2n) is 7.22. The fraction of sp³-hybridized carbons (Fsp3) is 0.571. The van der Waals surface area contributed by atoms with Crippen LogP contribution in [0.4, 0.5) is 0 Å². The molecule has 0 unspecified atom stereocenters. The third-order valence-electron chi connectivity index (χ3n) is 5.28. The van der Waals surface area contributed by atoms with Crippen molar-refractivity contribution in [3.63, 3.8) is 0 Å². The van der Waals surface area contributed by atoms with Crippen LogP contribution in [-0.4, -0.2) is 62.1 Å². The molecule has 7 nitrogen and oxygen atoms in total. The van der Waals surface area contributed by atoms with Gasteiger partial charge in [0.1, 0.15) is 0 Å². The lowest BCUT2D eigenvalue weighted by molar-refractivity contribution is 0.0468. The van der Waals surface area contributed by atoms with Crippen LogP contribution >= 0.6 is 24.0 Å². The summed E-state index contributed by atoms with van der Waals surface area (Å²) in [5.41, 5.74) is 0.955. The van der Waals surface area contributed by atoms with Gasteiger partial charge in [0.15, 0.2) is 5.96 Å². The molecular weight excluding hydrogens is 483 g/mol. The molecule has 0 aromatic heterocycles. The molecule has 0 radical (unpaired) electrons. The van der Waals surface area contributed by atoms with Crippen molar-refractivity contribution in [2.45, 2.75) is 44.6 Å². The third kappa shape index (κ3) is 6.40. The number of imide groups is 1. The van der Waals surface area contributed by atoms with Crippen LogP contribution in [0.15, 0.2) is 29.3 Å². The van der Waals surface area contributed by atoms with Gasteiger partial charge in [0, 0.05) is 26.7 Å². The number of aliphatic imine (C=N–C) groups is 1. The minimum atomic E-state index is -0.234. The maximum absolute atomic E-state index is 12.4. The number of hydrogen-bond acceptors (Lipinski definition) is 4. The van der Waals surface area contributed by atoms with Crippen LogP contribution in [0.3, 0.4) is 0 Å². The van der Waals surface area contributed by atoms with Gasteiger partial charge in [-0.15, -0.1) is 24.0 Å². The first kappa shape index (κ1) is 23.6. The van der Waals surface area contributed by atoms with Crippen molar-refractivity contribution < 1.29 is 14.3 Å². The molecule has 2 N–H and O–H groups in total. The van der Waals surface area contributed by atoms with Gasteiger partial charge in [0.25, 0.3) is 11.8 Å². The smallest absolute Gasteiger partial charge is 0.261 e. The first-order valence-electron chi connectivity index (χ1n) is 10.2. The summed E-state index contributed by atoms with van der Waals surface area (Å²) in [7, 11) is 1.70. The monoisotopic (exact) mass is 514 g/mol. The lowest BCUT2D eigenvalue weighted by Gasteiger charge is -2.18. The summed E-state index contributed by atoms with van der Waals surface area (Å²) in [6, 6.07) is 6.93. The van der Waals surface area contributed by atoms with Crippen molar-refractivity contribution in [1.82, 2.24) is 15.5 Å². The van der Waals surface area contributed by atoms with Crippen LogP contribution in [0.25, 0.3) is 0 Å². The van der Waals surface area contributed by atoms with Crippen LogP contribution in [0.5, 0.6) is 0 Å². The number of guanidine groups is 1. The van der Waals surface area contributed by atoms with Crippen LogP contribution in [0.1, 0.15) is 59.2 Å². The SMILES string of the molecule is CN=C(NCCOC1CCCCCC1)NCCN1C(=O)c2ccccc2C1=O.I. The highest BCUT2D eigenvalue weighted by molar-refractivity contribution is 14.0. The maximum Gasteiger partial charge on any atom is 0.261 e. The zero-order valence-electron chi connectivity index (χ0n) is 17.0. The average Bonchev–Trinajstić information content (AvgIpc) is 2.90. The van der Waals surface area contributed by atoms with Gasteiger partial charge in [0.2, 0.25) is 0 Å². The van der Waals surface area contributed by atoms with Gasteiger partial charge in [0.05, 0.1) is 23.8 Å². The molecule has 1 fully saturated rings. The number of amides is 2. The molecule has 1 aliphatic carbocycles. The molecule has 1 heterocycles. The first-order chi connectivity index (χ1) is 13.7. The summed E-state index contributed by atoms with van der Waals surface area (Å²) in [6.45, 7) is 2.05. The number of benzene rings is 1. The van der Waals surface area contributed by atoms with E-state index in [1.54, 1.807) is 31.3 Å². The molecule has 0 spiro atoms. The molecule has 29 heavy (non-hydrogen) atoms. The zero-order chi connectivity index (χ0) is 19.8. The Morgan fingerprint density at radius 2 is 1.62 bits per heavy atom. The Morgan fingerprint density at radius 1 is 1.03 bits per heavy atom. The van der Waals surface area contributed by atoms with E-state index in [4.69, 9.17) is 4.74 Å². The fourth-order valence-electron chi connectivity index (χ4n) is 3.75. The molecule has 160 valence electrons. The second-order valence-corrected chi connectivity index (χ2v) is 7.22. The van der Waals surface area contributed by atoms with Crippen molar-refractivity contribution in [3.8, 4) is 0 Å². The van der Waals surface area contributed by atoms with Crippen molar-refractivity contribution in [3.05, 3.63) is 35.4 Å². The number of nitrogens with one attached hydrogen (secondary N) is 2. The fourth-order valence-corrected chi connectivity index (χ4v) is 3.75. The van der Waals surface area contributed by atoms with E-state index in [0.717, 1.165) is 12.8 Å². The van der Waals surface area contributed by atoms with Crippen LogP contribution in [0, 0.1) is 0 Å². The Bertz CT molecular complexity index is 683. The van der Waals surface area contributed by atoms with E-state index in [0.29, 0.717) is 49.4 Å². The summed E-state index contributed by atoms with van der Waals surface area (Å²) in [5, 5.41) is 6.36. The molecule has 2 amide bonds. The van der Waals surface area contributed by atoms with E-state index in [9.17, 15) is 9.59 Å². The molecule has 0 saturated heterocycles. The first-order valence-corrected chi connectivity index (χ1v) is 10.2. The normalized spacial score (nSPS) is 17.6. The summed E-state index contributed by atoms with van der Waals surface area (Å²) < 4.78 is 5.96. The highest BCUT2D eigenvalue weighted by Gasteiger charge is 2.34. The van der Waals surface area contributed by atoms with E-state index in [1.807, 2.05) is 0 Å². The zero-order valence-corrected chi connectivity index (χ0v) is 19.3. The molecule has 2 aliphatic rings. The number of hydrogen-bond donors (Lipinski definition) is 2. The molecule has 0 bridgehead atoms. The second kappa shape index (κ2) is 12.1. The molecule has 1 aliphatic heterocycles. The van der Waals surface area contributed by atoms with Gasteiger partial charge in [-0.2, -0.15) is 0 Å². The van der Waals surface area contributed by atoms with E-state index in [1.165, 1.54) is 30.6 Å². The Morgan fingerprint density at radius 3 is 2.21 bits per heavy atom. The summed E-state index contributed by atoms with van der Waals surface area (Å²) in [5.74, 6) is 0.172. The minimum Gasteiger partial charge on any atom is -0.376 e. The van der Waals surface area contributed by atoms with Gasteiger partial charge < -0.3 is 15.4 Å². The number of rotatable bonds is 7. The number of carbonyl (C=O) groups is 2. The molecular formula is C21H31IN4O3. The highest BCUT2D eigenvalue weighted by atomic mass is 127. The van der Waals surface area contributed by atoms with Crippen molar-refractivity contribution in [2.75, 3.05) is 33.3 Å². The number of halogens is 1. The minimum absolute atomic E-state index is 0. The van der Waals surface area contributed by atoms with E-state index in [2.05, 4.69) is 15.6 Å². The lowest BCUT2D eigenvalue weighted by atomic mass is 10.1. The Kier molecular flexibility index (Phi) is 9.86. The third-order valence-corrected chi connectivity index (χ3v) is 5.28. The van der Waals surface area contributed by atoms with Gasteiger partial charge in [-0.25, -0.2) is 0 Å². The summed E-state index contributed by atoms with van der Waals surface area (Å²) in [6.07, 6.45) is 7.87. The van der Waals surface area contributed by atoms with Crippen LogP contribution in [0.2, 0.25) is 0 Å².